The Hall–Kier alpha value is -0.353. The number of sulfonamides is 1. The SMILES string of the molecule is CC(C)[Si](C#CC(O)CS(N)(=O)=O)(C(C)C)C(C)C. The van der Waals surface area contributed by atoms with Gasteiger partial charge in [0.1, 0.15) is 19.9 Å². The molecular weight excluding hydrogens is 278 g/mol. The van der Waals surface area contributed by atoms with Gasteiger partial charge >= 0.3 is 0 Å². The van der Waals surface area contributed by atoms with Crippen molar-refractivity contribution in [2.45, 2.75) is 64.3 Å². The molecular formula is C13H27NO3SSi. The number of rotatable bonds is 5. The van der Waals surface area contributed by atoms with E-state index in [-0.39, 0.29) is 0 Å². The largest absolute Gasteiger partial charge is 0.379 e. The zero-order chi connectivity index (χ0) is 15.4. The third-order valence-electron chi connectivity index (χ3n) is 3.71. The summed E-state index contributed by atoms with van der Waals surface area (Å²) in [6.45, 7) is 13.0. The van der Waals surface area contributed by atoms with Gasteiger partial charge in [-0.3, -0.25) is 0 Å². The van der Waals surface area contributed by atoms with Crippen LogP contribution >= 0.6 is 0 Å². The summed E-state index contributed by atoms with van der Waals surface area (Å²) in [5, 5.41) is 14.6. The fourth-order valence-electron chi connectivity index (χ4n) is 2.90. The second-order valence-corrected chi connectivity index (χ2v) is 13.3. The highest BCUT2D eigenvalue weighted by atomic mass is 32.2. The van der Waals surface area contributed by atoms with Gasteiger partial charge in [-0.05, 0) is 16.6 Å². The van der Waals surface area contributed by atoms with E-state index in [0.717, 1.165) is 0 Å². The van der Waals surface area contributed by atoms with Crippen molar-refractivity contribution >= 4 is 18.1 Å². The Morgan fingerprint density at radius 2 is 1.42 bits per heavy atom. The van der Waals surface area contributed by atoms with E-state index in [1.54, 1.807) is 0 Å². The van der Waals surface area contributed by atoms with E-state index in [2.05, 4.69) is 53.0 Å². The topological polar surface area (TPSA) is 80.4 Å². The number of primary sulfonamides is 1. The van der Waals surface area contributed by atoms with E-state index >= 15 is 0 Å². The maximum Gasteiger partial charge on any atom is 0.212 e. The van der Waals surface area contributed by atoms with Gasteiger partial charge in [0.25, 0.3) is 0 Å². The van der Waals surface area contributed by atoms with E-state index < -0.39 is 30.0 Å². The van der Waals surface area contributed by atoms with Crippen molar-refractivity contribution in [1.29, 1.82) is 0 Å². The Kier molecular flexibility index (Phi) is 6.76. The third kappa shape index (κ3) is 5.26. The highest BCUT2D eigenvalue weighted by molar-refractivity contribution is 7.89. The fourth-order valence-corrected chi connectivity index (χ4v) is 8.71. The van der Waals surface area contributed by atoms with Crippen LogP contribution in [0.25, 0.3) is 0 Å². The predicted octanol–water partition coefficient (Wildman–Crippen LogP) is 1.86. The first kappa shape index (κ1) is 18.6. The Balaban J connectivity index is 5.37. The molecule has 112 valence electrons. The number of nitrogens with two attached hydrogens (primary N) is 1. The molecule has 3 N–H and O–H groups in total. The molecule has 0 aromatic carbocycles. The lowest BCUT2D eigenvalue weighted by Crippen LogP contribution is -2.43. The van der Waals surface area contributed by atoms with Crippen LogP contribution in [-0.2, 0) is 10.0 Å². The van der Waals surface area contributed by atoms with Crippen LogP contribution in [0.4, 0.5) is 0 Å². The average molecular weight is 306 g/mol. The Labute approximate surface area is 118 Å². The van der Waals surface area contributed by atoms with Crippen LogP contribution in [0.15, 0.2) is 0 Å². The molecule has 0 saturated carbocycles. The molecule has 1 unspecified atom stereocenters. The lowest BCUT2D eigenvalue weighted by molar-refractivity contribution is 0.255. The summed E-state index contributed by atoms with van der Waals surface area (Å²) in [7, 11) is -5.61. The van der Waals surface area contributed by atoms with Crippen LogP contribution in [0, 0.1) is 11.5 Å². The fraction of sp³-hybridized carbons (Fsp3) is 0.846. The van der Waals surface area contributed by atoms with Crippen molar-refractivity contribution in [2.24, 2.45) is 5.14 Å². The van der Waals surface area contributed by atoms with Gasteiger partial charge in [0, 0.05) is 0 Å². The first-order valence-corrected chi connectivity index (χ1v) is 10.6. The summed E-state index contributed by atoms with van der Waals surface area (Å²) in [6.07, 6.45) is -1.20. The maximum atomic E-state index is 10.9. The minimum atomic E-state index is -3.69. The van der Waals surface area contributed by atoms with E-state index in [0.29, 0.717) is 16.6 Å². The Bertz CT molecular complexity index is 424. The van der Waals surface area contributed by atoms with Gasteiger partial charge in [-0.1, -0.05) is 47.5 Å². The van der Waals surface area contributed by atoms with Crippen LogP contribution in [-0.4, -0.2) is 33.5 Å². The molecule has 0 saturated heterocycles. The third-order valence-corrected chi connectivity index (χ3v) is 10.8. The van der Waals surface area contributed by atoms with Crippen molar-refractivity contribution in [2.75, 3.05) is 5.75 Å². The van der Waals surface area contributed by atoms with Gasteiger partial charge in [-0.15, -0.1) is 5.54 Å². The molecule has 0 bridgehead atoms. The normalized spacial score (nSPS) is 14.7. The molecule has 4 nitrogen and oxygen atoms in total. The molecule has 6 heteroatoms. The molecule has 19 heavy (non-hydrogen) atoms. The molecule has 0 aliphatic rings. The van der Waals surface area contributed by atoms with Gasteiger partial charge in [0.15, 0.2) is 0 Å². The summed E-state index contributed by atoms with van der Waals surface area (Å²) in [5.74, 6) is 2.23. The van der Waals surface area contributed by atoms with Gasteiger partial charge in [-0.2, -0.15) is 0 Å². The van der Waals surface area contributed by atoms with Crippen LogP contribution in [0.3, 0.4) is 0 Å². The highest BCUT2D eigenvalue weighted by Gasteiger charge is 2.41. The number of aliphatic hydroxyl groups is 1. The molecule has 0 aromatic rings. The molecule has 0 fully saturated rings. The highest BCUT2D eigenvalue weighted by Crippen LogP contribution is 2.40. The summed E-state index contributed by atoms with van der Waals surface area (Å²) in [6, 6.07) is 0. The second-order valence-electron chi connectivity index (χ2n) is 6.01. The molecule has 0 radical (unpaired) electrons. The molecule has 0 amide bonds. The van der Waals surface area contributed by atoms with Gasteiger partial charge in [0.05, 0.1) is 0 Å². The van der Waals surface area contributed by atoms with Crippen LogP contribution < -0.4 is 5.14 Å². The minimum absolute atomic E-state index is 0.446. The van der Waals surface area contributed by atoms with Crippen molar-refractivity contribution in [3.8, 4) is 11.5 Å². The lowest BCUT2D eigenvalue weighted by Gasteiger charge is -2.38. The number of hydrogen-bond donors (Lipinski definition) is 2. The molecule has 0 aliphatic heterocycles. The lowest BCUT2D eigenvalue weighted by atomic mass is 10.4. The van der Waals surface area contributed by atoms with Gasteiger partial charge < -0.3 is 5.11 Å². The van der Waals surface area contributed by atoms with E-state index in [1.165, 1.54) is 0 Å². The van der Waals surface area contributed by atoms with Gasteiger partial charge in [0.2, 0.25) is 10.0 Å². The summed E-state index contributed by atoms with van der Waals surface area (Å²) >= 11 is 0. The van der Waals surface area contributed by atoms with Crippen molar-refractivity contribution in [3.63, 3.8) is 0 Å². The number of hydrogen-bond acceptors (Lipinski definition) is 3. The standard InChI is InChI=1S/C13H27NO3SSi/c1-10(2)19(11(3)4,12(5)6)8-7-13(15)9-18(14,16)17/h10-13,15H,9H2,1-6H3,(H2,14,16,17). The van der Waals surface area contributed by atoms with E-state index in [1.807, 2.05) is 0 Å². The molecule has 0 spiro atoms. The van der Waals surface area contributed by atoms with Crippen LogP contribution in [0.2, 0.25) is 16.6 Å². The summed E-state index contributed by atoms with van der Waals surface area (Å²) < 4.78 is 21.9. The number of aliphatic hydroxyl groups excluding tert-OH is 1. The van der Waals surface area contributed by atoms with Crippen LogP contribution in [0.5, 0.6) is 0 Å². The first-order valence-electron chi connectivity index (χ1n) is 6.64. The Morgan fingerprint density at radius 3 is 1.68 bits per heavy atom. The smallest absolute Gasteiger partial charge is 0.212 e. The first-order chi connectivity index (χ1) is 8.43. The van der Waals surface area contributed by atoms with Crippen molar-refractivity contribution < 1.29 is 13.5 Å². The zero-order valence-corrected chi connectivity index (χ0v) is 14.6. The van der Waals surface area contributed by atoms with Crippen molar-refractivity contribution in [1.82, 2.24) is 0 Å². The predicted molar refractivity (Wildman–Crippen MR) is 82.8 cm³/mol. The molecule has 0 rings (SSSR count). The van der Waals surface area contributed by atoms with Gasteiger partial charge in [-0.25, -0.2) is 13.6 Å². The minimum Gasteiger partial charge on any atom is -0.379 e. The molecule has 0 heterocycles. The monoisotopic (exact) mass is 305 g/mol. The molecule has 1 atom stereocenters. The summed E-state index contributed by atoms with van der Waals surface area (Å²) in [5.41, 5.74) is 4.61. The zero-order valence-electron chi connectivity index (χ0n) is 12.8. The van der Waals surface area contributed by atoms with Crippen molar-refractivity contribution in [3.05, 3.63) is 0 Å². The second kappa shape index (κ2) is 6.89. The van der Waals surface area contributed by atoms with Crippen LogP contribution in [0.1, 0.15) is 41.5 Å². The quantitative estimate of drug-likeness (QED) is 0.601. The Morgan fingerprint density at radius 1 is 1.05 bits per heavy atom. The summed E-state index contributed by atoms with van der Waals surface area (Å²) in [4.78, 5) is 0. The van der Waals surface area contributed by atoms with E-state index in [4.69, 9.17) is 5.14 Å². The molecule has 0 aliphatic carbocycles. The maximum absolute atomic E-state index is 10.9. The molecule has 0 aromatic heterocycles. The average Bonchev–Trinajstić information content (AvgIpc) is 2.13. The van der Waals surface area contributed by atoms with E-state index in [9.17, 15) is 13.5 Å².